The van der Waals surface area contributed by atoms with E-state index in [1.54, 1.807) is 0 Å². The van der Waals surface area contributed by atoms with Crippen LogP contribution in [-0.2, 0) is 13.5 Å². The molecular weight excluding hydrogens is 426 g/mol. The van der Waals surface area contributed by atoms with Crippen LogP contribution in [0, 0.1) is 0 Å². The number of piperidine rings is 1. The number of benzene rings is 1. The minimum absolute atomic E-state index is 0.133. The molecule has 0 saturated carbocycles. The van der Waals surface area contributed by atoms with Gasteiger partial charge in [0.15, 0.2) is 5.78 Å². The SMILES string of the molecule is Cn1ccc2c(-c3cnc(Nc4ccc(N5CCC(O)CC5)cc4)c4c3CCC4=O)ccnc21. The maximum absolute atomic E-state index is 12.9. The maximum Gasteiger partial charge on any atom is 0.167 e. The summed E-state index contributed by atoms with van der Waals surface area (Å²) in [4.78, 5) is 24.4. The molecule has 7 heteroatoms. The van der Waals surface area contributed by atoms with E-state index in [4.69, 9.17) is 4.98 Å². The van der Waals surface area contributed by atoms with Crippen LogP contribution in [0.3, 0.4) is 0 Å². The predicted octanol–water partition coefficient (Wildman–Crippen LogP) is 4.47. The zero-order chi connectivity index (χ0) is 23.2. The molecule has 1 fully saturated rings. The predicted molar refractivity (Wildman–Crippen MR) is 134 cm³/mol. The van der Waals surface area contributed by atoms with Crippen LogP contribution in [0.1, 0.15) is 35.2 Å². The van der Waals surface area contributed by atoms with Crippen molar-refractivity contribution in [2.24, 2.45) is 7.05 Å². The van der Waals surface area contributed by atoms with E-state index in [9.17, 15) is 9.90 Å². The molecule has 0 unspecified atom stereocenters. The Labute approximate surface area is 198 Å². The van der Waals surface area contributed by atoms with Crippen molar-refractivity contribution in [3.63, 3.8) is 0 Å². The Kier molecular flexibility index (Phi) is 5.07. The summed E-state index contributed by atoms with van der Waals surface area (Å²) >= 11 is 0. The van der Waals surface area contributed by atoms with Gasteiger partial charge >= 0.3 is 0 Å². The van der Waals surface area contributed by atoms with E-state index in [0.717, 1.165) is 71.5 Å². The zero-order valence-electron chi connectivity index (χ0n) is 19.2. The largest absolute Gasteiger partial charge is 0.393 e. The highest BCUT2D eigenvalue weighted by Crippen LogP contribution is 2.38. The number of aliphatic hydroxyl groups is 1. The fourth-order valence-electron chi connectivity index (χ4n) is 5.22. The van der Waals surface area contributed by atoms with Gasteiger partial charge in [0.25, 0.3) is 0 Å². The molecule has 1 saturated heterocycles. The molecule has 4 heterocycles. The van der Waals surface area contributed by atoms with E-state index in [2.05, 4.69) is 33.4 Å². The molecule has 1 aliphatic carbocycles. The minimum Gasteiger partial charge on any atom is -0.393 e. The van der Waals surface area contributed by atoms with Gasteiger partial charge in [0, 0.05) is 67.5 Å². The molecule has 172 valence electrons. The number of aliphatic hydroxyl groups excluding tert-OH is 1. The van der Waals surface area contributed by atoms with E-state index >= 15 is 0 Å². The first-order valence-electron chi connectivity index (χ1n) is 11.8. The van der Waals surface area contributed by atoms with Gasteiger partial charge in [0.05, 0.1) is 11.7 Å². The molecule has 34 heavy (non-hydrogen) atoms. The minimum atomic E-state index is -0.184. The summed E-state index contributed by atoms with van der Waals surface area (Å²) in [5.74, 6) is 0.752. The molecule has 0 amide bonds. The van der Waals surface area contributed by atoms with E-state index in [1.165, 1.54) is 0 Å². The number of carbonyl (C=O) groups is 1. The lowest BCUT2D eigenvalue weighted by Crippen LogP contribution is -2.35. The molecule has 1 aromatic carbocycles. The molecule has 0 spiro atoms. The number of hydrogen-bond donors (Lipinski definition) is 2. The third-order valence-electron chi connectivity index (χ3n) is 7.09. The average Bonchev–Trinajstić information content (AvgIpc) is 3.44. The highest BCUT2D eigenvalue weighted by molar-refractivity contribution is 6.08. The third-order valence-corrected chi connectivity index (χ3v) is 7.09. The van der Waals surface area contributed by atoms with E-state index < -0.39 is 0 Å². The van der Waals surface area contributed by atoms with Gasteiger partial charge < -0.3 is 19.9 Å². The highest BCUT2D eigenvalue weighted by atomic mass is 16.3. The third kappa shape index (κ3) is 3.53. The van der Waals surface area contributed by atoms with Crippen LogP contribution in [0.15, 0.2) is 55.0 Å². The first-order valence-corrected chi connectivity index (χ1v) is 11.8. The van der Waals surface area contributed by atoms with Crippen molar-refractivity contribution < 1.29 is 9.90 Å². The number of aryl methyl sites for hydroxylation is 1. The number of fused-ring (bicyclic) bond motifs is 2. The molecule has 4 aromatic rings. The van der Waals surface area contributed by atoms with Crippen molar-refractivity contribution in [3.8, 4) is 11.1 Å². The molecule has 1 aliphatic heterocycles. The van der Waals surface area contributed by atoms with Crippen molar-refractivity contribution in [2.75, 3.05) is 23.3 Å². The second kappa shape index (κ2) is 8.25. The molecule has 6 rings (SSSR count). The van der Waals surface area contributed by atoms with Gasteiger partial charge in [-0.05, 0) is 66.8 Å². The van der Waals surface area contributed by atoms with Gasteiger partial charge in [-0.3, -0.25) is 4.79 Å². The zero-order valence-corrected chi connectivity index (χ0v) is 19.2. The maximum atomic E-state index is 12.9. The summed E-state index contributed by atoms with van der Waals surface area (Å²) in [5, 5.41) is 14.2. The Hall–Kier alpha value is -3.71. The number of anilines is 3. The van der Waals surface area contributed by atoms with Gasteiger partial charge in [0.2, 0.25) is 0 Å². The highest BCUT2D eigenvalue weighted by Gasteiger charge is 2.28. The molecule has 0 atom stereocenters. The number of rotatable bonds is 4. The van der Waals surface area contributed by atoms with Gasteiger partial charge in [-0.1, -0.05) is 0 Å². The molecule has 0 radical (unpaired) electrons. The second-order valence-corrected chi connectivity index (χ2v) is 9.21. The van der Waals surface area contributed by atoms with Gasteiger partial charge in [-0.15, -0.1) is 0 Å². The van der Waals surface area contributed by atoms with Crippen LogP contribution in [0.25, 0.3) is 22.2 Å². The van der Waals surface area contributed by atoms with Crippen molar-refractivity contribution in [3.05, 3.63) is 66.1 Å². The van der Waals surface area contributed by atoms with Crippen LogP contribution in [0.5, 0.6) is 0 Å². The Morgan fingerprint density at radius 3 is 2.59 bits per heavy atom. The fourth-order valence-corrected chi connectivity index (χ4v) is 5.22. The second-order valence-electron chi connectivity index (χ2n) is 9.21. The summed E-state index contributed by atoms with van der Waals surface area (Å²) in [7, 11) is 1.98. The number of aromatic nitrogens is 3. The summed E-state index contributed by atoms with van der Waals surface area (Å²) in [5.41, 5.74) is 6.79. The monoisotopic (exact) mass is 453 g/mol. The molecule has 7 nitrogen and oxygen atoms in total. The molecule has 0 bridgehead atoms. The number of Topliss-reactive ketones (excluding diaryl/α,β-unsaturated/α-hetero) is 1. The number of carbonyl (C=O) groups excluding carboxylic acids is 1. The Balaban J connectivity index is 1.32. The van der Waals surface area contributed by atoms with Gasteiger partial charge in [0.1, 0.15) is 11.5 Å². The van der Waals surface area contributed by atoms with Crippen LogP contribution >= 0.6 is 0 Å². The summed E-state index contributed by atoms with van der Waals surface area (Å²) < 4.78 is 2.00. The number of pyridine rings is 2. The van der Waals surface area contributed by atoms with E-state index in [0.29, 0.717) is 17.8 Å². The smallest absolute Gasteiger partial charge is 0.167 e. The number of nitrogens with one attached hydrogen (secondary N) is 1. The Morgan fingerprint density at radius 2 is 1.79 bits per heavy atom. The number of nitrogens with zero attached hydrogens (tertiary/aromatic N) is 4. The summed E-state index contributed by atoms with van der Waals surface area (Å²) in [6.45, 7) is 1.73. The molecule has 3 aromatic heterocycles. The normalized spacial score (nSPS) is 16.3. The molecule has 2 aliphatic rings. The Bertz CT molecular complexity index is 1380. The van der Waals surface area contributed by atoms with Crippen molar-refractivity contribution >= 4 is 34.0 Å². The number of ketones is 1. The van der Waals surface area contributed by atoms with Crippen molar-refractivity contribution in [1.82, 2.24) is 14.5 Å². The lowest BCUT2D eigenvalue weighted by Gasteiger charge is -2.31. The van der Waals surface area contributed by atoms with Crippen LogP contribution in [0.4, 0.5) is 17.2 Å². The quantitative estimate of drug-likeness (QED) is 0.474. The van der Waals surface area contributed by atoms with Crippen LogP contribution in [0.2, 0.25) is 0 Å². The molecular formula is C27H27N5O2. The first-order chi connectivity index (χ1) is 16.6. The van der Waals surface area contributed by atoms with Crippen molar-refractivity contribution in [2.45, 2.75) is 31.8 Å². The van der Waals surface area contributed by atoms with E-state index in [-0.39, 0.29) is 11.9 Å². The fraction of sp³-hybridized carbons (Fsp3) is 0.296. The topological polar surface area (TPSA) is 83.3 Å². The average molecular weight is 454 g/mol. The van der Waals surface area contributed by atoms with Crippen LogP contribution < -0.4 is 10.2 Å². The standard InChI is InChI=1S/C27H27N5O2/c1-31-13-11-22-20(8-12-28-27(22)31)23-16-29-26(25-21(23)6-7-24(25)34)30-17-2-4-18(5-3-17)32-14-9-19(33)10-15-32/h2-5,8,11-13,16,19,33H,6-7,9-10,14-15H2,1H3,(H,29,30). The number of hydrogen-bond acceptors (Lipinski definition) is 6. The van der Waals surface area contributed by atoms with Crippen molar-refractivity contribution in [1.29, 1.82) is 0 Å². The van der Waals surface area contributed by atoms with E-state index in [1.807, 2.05) is 48.4 Å². The molecule has 2 N–H and O–H groups in total. The first kappa shape index (κ1) is 20.9. The summed E-state index contributed by atoms with van der Waals surface area (Å²) in [6.07, 6.45) is 8.35. The lowest BCUT2D eigenvalue weighted by molar-refractivity contribution is 0.0995. The van der Waals surface area contributed by atoms with Gasteiger partial charge in [-0.2, -0.15) is 0 Å². The lowest BCUT2D eigenvalue weighted by atomic mass is 9.97. The Morgan fingerprint density at radius 1 is 1.00 bits per heavy atom. The van der Waals surface area contributed by atoms with Crippen LogP contribution in [-0.4, -0.2) is 44.6 Å². The summed E-state index contributed by atoms with van der Waals surface area (Å²) in [6, 6.07) is 12.3. The van der Waals surface area contributed by atoms with Gasteiger partial charge in [-0.25, -0.2) is 9.97 Å².